The van der Waals surface area contributed by atoms with Crippen molar-refractivity contribution in [3.63, 3.8) is 0 Å². The molecule has 0 fully saturated rings. The fourth-order valence-corrected chi connectivity index (χ4v) is 1.76. The van der Waals surface area contributed by atoms with Crippen LogP contribution < -0.4 is 8.91 Å². The predicted molar refractivity (Wildman–Crippen MR) is 88.0 cm³/mol. The fourth-order valence-electron chi connectivity index (χ4n) is 1.40. The molecule has 0 saturated carbocycles. The number of aryl methyl sites for hydroxylation is 1. The van der Waals surface area contributed by atoms with Crippen molar-refractivity contribution < 1.29 is 8.39 Å². The lowest BCUT2D eigenvalue weighted by Crippen LogP contribution is -2.16. The van der Waals surface area contributed by atoms with E-state index in [0.29, 0.717) is 5.75 Å². The maximum atomic E-state index is 10.9. The lowest BCUT2D eigenvalue weighted by atomic mass is 10.2. The van der Waals surface area contributed by atoms with Gasteiger partial charge >= 0.3 is 0 Å². The molecular formula is C16H27NO2S. The molecule has 3 nitrogen and oxygen atoms in total. The van der Waals surface area contributed by atoms with Gasteiger partial charge in [0.25, 0.3) is 11.3 Å². The first kappa shape index (κ1) is 18.9. The number of hydrogen-bond acceptors (Lipinski definition) is 2. The molecule has 0 bridgehead atoms. The van der Waals surface area contributed by atoms with Crippen molar-refractivity contribution in [1.82, 2.24) is 4.72 Å². The maximum absolute atomic E-state index is 10.9. The molecule has 1 unspecified atom stereocenters. The number of unbranched alkanes of at least 4 members (excludes halogenated alkanes) is 2. The zero-order chi connectivity index (χ0) is 15.2. The third-order valence-corrected chi connectivity index (χ3v) is 3.13. The van der Waals surface area contributed by atoms with Crippen molar-refractivity contribution in [3.8, 4) is 5.75 Å². The Hall–Kier alpha value is -1.13. The Kier molecular flexibility index (Phi) is 12.2. The number of rotatable bonds is 7. The molecule has 1 N–H and O–H groups in total. The summed E-state index contributed by atoms with van der Waals surface area (Å²) >= 11 is -1.44. The van der Waals surface area contributed by atoms with Crippen LogP contribution in [0, 0.1) is 6.92 Å². The summed E-state index contributed by atoms with van der Waals surface area (Å²) in [7, 11) is 1.58. The Morgan fingerprint density at radius 2 is 2.05 bits per heavy atom. The summed E-state index contributed by atoms with van der Waals surface area (Å²) < 4.78 is 18.4. The molecule has 0 heterocycles. The topological polar surface area (TPSA) is 38.3 Å². The minimum absolute atomic E-state index is 0.614. The first-order chi connectivity index (χ1) is 9.63. The molecule has 0 saturated heterocycles. The lowest BCUT2D eigenvalue weighted by Gasteiger charge is -2.02. The van der Waals surface area contributed by atoms with E-state index in [1.54, 1.807) is 13.1 Å². The molecule has 20 heavy (non-hydrogen) atoms. The lowest BCUT2D eigenvalue weighted by molar-refractivity contribution is 0.554. The average Bonchev–Trinajstić information content (AvgIpc) is 2.44. The number of benzene rings is 1. The summed E-state index contributed by atoms with van der Waals surface area (Å²) in [4.78, 5) is 0. The Morgan fingerprint density at radius 3 is 2.60 bits per heavy atom. The molecule has 0 aliphatic heterocycles. The second-order valence-electron chi connectivity index (χ2n) is 4.36. The highest BCUT2D eigenvalue weighted by Gasteiger charge is 1.98. The van der Waals surface area contributed by atoms with Crippen LogP contribution in [0.25, 0.3) is 0 Å². The monoisotopic (exact) mass is 297 g/mol. The summed E-state index contributed by atoms with van der Waals surface area (Å²) in [5, 5.41) is 0. The van der Waals surface area contributed by atoms with Gasteiger partial charge in [-0.05, 0) is 44.5 Å². The van der Waals surface area contributed by atoms with Crippen LogP contribution in [0.15, 0.2) is 36.4 Å². The zero-order valence-electron chi connectivity index (χ0n) is 13.0. The zero-order valence-corrected chi connectivity index (χ0v) is 13.8. The number of allylic oxidation sites excluding steroid dienone is 2. The second kappa shape index (κ2) is 12.9. The molecule has 0 aromatic heterocycles. The second-order valence-corrected chi connectivity index (χ2v) is 5.40. The van der Waals surface area contributed by atoms with Gasteiger partial charge < -0.3 is 4.18 Å². The van der Waals surface area contributed by atoms with Crippen molar-refractivity contribution in [1.29, 1.82) is 0 Å². The van der Waals surface area contributed by atoms with E-state index in [4.69, 9.17) is 4.18 Å². The molecule has 1 aromatic rings. The molecular weight excluding hydrogens is 270 g/mol. The van der Waals surface area contributed by atoms with E-state index in [1.165, 1.54) is 25.7 Å². The van der Waals surface area contributed by atoms with Crippen LogP contribution in [-0.4, -0.2) is 11.3 Å². The van der Waals surface area contributed by atoms with Gasteiger partial charge in [-0.3, -0.25) is 0 Å². The normalized spacial score (nSPS) is 11.8. The van der Waals surface area contributed by atoms with Crippen LogP contribution in [0.3, 0.4) is 0 Å². The van der Waals surface area contributed by atoms with E-state index in [9.17, 15) is 4.21 Å². The van der Waals surface area contributed by atoms with E-state index in [2.05, 4.69) is 30.7 Å². The minimum atomic E-state index is -1.44. The van der Waals surface area contributed by atoms with Crippen LogP contribution in [0.5, 0.6) is 5.75 Å². The highest BCUT2D eigenvalue weighted by molar-refractivity contribution is 7.78. The van der Waals surface area contributed by atoms with Gasteiger partial charge in [0, 0.05) is 0 Å². The summed E-state index contributed by atoms with van der Waals surface area (Å²) in [6.45, 7) is 6.34. The Morgan fingerprint density at radius 1 is 1.30 bits per heavy atom. The summed E-state index contributed by atoms with van der Waals surface area (Å²) in [5.74, 6) is 0.614. The summed E-state index contributed by atoms with van der Waals surface area (Å²) in [5.41, 5.74) is 1.08. The molecule has 0 aliphatic carbocycles. The average molecular weight is 297 g/mol. The van der Waals surface area contributed by atoms with E-state index < -0.39 is 11.3 Å². The summed E-state index contributed by atoms with van der Waals surface area (Å²) in [6, 6.07) is 7.41. The van der Waals surface area contributed by atoms with E-state index in [-0.39, 0.29) is 0 Å². The smallest absolute Gasteiger partial charge is 0.287 e. The summed E-state index contributed by atoms with van der Waals surface area (Å²) in [6.07, 6.45) is 9.61. The molecule has 1 atom stereocenters. The standard InChI is InChI=1S/C8H11NO2S.C8H16/c1-7-4-3-5-8(6-7)11-12(10)9-2;1-3-5-7-8-6-4-2/h3-6,9H,1-2H3;5,7H,3-4,6,8H2,1-2H3/b;7-5-. The molecule has 0 radical (unpaired) electrons. The Balaban J connectivity index is 0.000000396. The highest BCUT2D eigenvalue weighted by atomic mass is 32.2. The van der Waals surface area contributed by atoms with Gasteiger partial charge in [-0.15, -0.1) is 0 Å². The number of nitrogens with one attached hydrogen (secondary N) is 1. The predicted octanol–water partition coefficient (Wildman–Crippen LogP) is 4.31. The van der Waals surface area contributed by atoms with E-state index in [0.717, 1.165) is 5.56 Å². The van der Waals surface area contributed by atoms with Gasteiger partial charge in [0.15, 0.2) is 0 Å². The van der Waals surface area contributed by atoms with Crippen molar-refractivity contribution in [2.24, 2.45) is 0 Å². The Bertz CT molecular complexity index is 405. The van der Waals surface area contributed by atoms with Gasteiger partial charge in [-0.25, -0.2) is 4.72 Å². The van der Waals surface area contributed by atoms with E-state index in [1.807, 2.05) is 25.1 Å². The largest absolute Gasteiger partial charge is 0.389 e. The van der Waals surface area contributed by atoms with Crippen molar-refractivity contribution >= 4 is 11.3 Å². The fraction of sp³-hybridized carbons (Fsp3) is 0.500. The molecule has 1 aromatic carbocycles. The first-order valence-electron chi connectivity index (χ1n) is 7.13. The maximum Gasteiger partial charge on any atom is 0.287 e. The third-order valence-electron chi connectivity index (χ3n) is 2.45. The van der Waals surface area contributed by atoms with Crippen molar-refractivity contribution in [3.05, 3.63) is 42.0 Å². The molecule has 0 aliphatic rings. The molecule has 0 spiro atoms. The van der Waals surface area contributed by atoms with Crippen LogP contribution in [-0.2, 0) is 11.3 Å². The van der Waals surface area contributed by atoms with Crippen LogP contribution in [0.1, 0.15) is 45.1 Å². The van der Waals surface area contributed by atoms with Crippen molar-refractivity contribution in [2.45, 2.75) is 46.5 Å². The quantitative estimate of drug-likeness (QED) is 0.601. The van der Waals surface area contributed by atoms with E-state index >= 15 is 0 Å². The van der Waals surface area contributed by atoms with Gasteiger partial charge in [0.05, 0.1) is 0 Å². The Labute approximate surface area is 126 Å². The molecule has 4 heteroatoms. The molecule has 1 rings (SSSR count). The van der Waals surface area contributed by atoms with Gasteiger partial charge in [-0.1, -0.05) is 51.0 Å². The van der Waals surface area contributed by atoms with Crippen molar-refractivity contribution in [2.75, 3.05) is 7.05 Å². The van der Waals surface area contributed by atoms with Crippen LogP contribution in [0.2, 0.25) is 0 Å². The first-order valence-corrected chi connectivity index (χ1v) is 8.20. The van der Waals surface area contributed by atoms with Gasteiger partial charge in [-0.2, -0.15) is 4.21 Å². The SMILES string of the molecule is CC/C=C\CCCC.CNS(=O)Oc1cccc(C)c1. The third kappa shape index (κ3) is 10.8. The van der Waals surface area contributed by atoms with Gasteiger partial charge in [0.1, 0.15) is 5.75 Å². The minimum Gasteiger partial charge on any atom is -0.389 e. The molecule has 114 valence electrons. The highest BCUT2D eigenvalue weighted by Crippen LogP contribution is 2.12. The van der Waals surface area contributed by atoms with Crippen LogP contribution in [0.4, 0.5) is 0 Å². The number of hydrogen-bond donors (Lipinski definition) is 1. The van der Waals surface area contributed by atoms with Crippen LogP contribution >= 0.6 is 0 Å². The molecule has 0 amide bonds. The van der Waals surface area contributed by atoms with Gasteiger partial charge in [0.2, 0.25) is 0 Å².